The highest BCUT2D eigenvalue weighted by Gasteiger charge is 2.07. The molecule has 82 valence electrons. The zero-order chi connectivity index (χ0) is 11.5. The Balaban J connectivity index is 2.18. The summed E-state index contributed by atoms with van der Waals surface area (Å²) in [7, 11) is 0. The molecule has 0 unspecified atom stereocenters. The van der Waals surface area contributed by atoms with Crippen LogP contribution < -0.4 is 0 Å². The van der Waals surface area contributed by atoms with Gasteiger partial charge in [0, 0.05) is 17.3 Å². The average Bonchev–Trinajstić information content (AvgIpc) is 2.94. The van der Waals surface area contributed by atoms with Gasteiger partial charge < -0.3 is 4.98 Å². The third kappa shape index (κ3) is 1.83. The van der Waals surface area contributed by atoms with E-state index >= 15 is 0 Å². The second-order valence-electron chi connectivity index (χ2n) is 3.73. The fourth-order valence-electron chi connectivity index (χ4n) is 1.87. The minimum atomic E-state index is 0.970. The van der Waals surface area contributed by atoms with Crippen LogP contribution in [-0.2, 0) is 0 Å². The summed E-state index contributed by atoms with van der Waals surface area (Å²) in [6.45, 7) is 0. The highest BCUT2D eigenvalue weighted by molar-refractivity contribution is 5.79. The van der Waals surface area contributed by atoms with Crippen LogP contribution in [0.1, 0.15) is 0 Å². The highest BCUT2D eigenvalue weighted by Crippen LogP contribution is 2.28. The fourth-order valence-corrected chi connectivity index (χ4v) is 1.87. The molecule has 0 saturated heterocycles. The monoisotopic (exact) mass is 221 g/mol. The van der Waals surface area contributed by atoms with Gasteiger partial charge in [-0.1, -0.05) is 30.3 Å². The lowest BCUT2D eigenvalue weighted by Gasteiger charge is -2.06. The number of aromatic nitrogens is 3. The molecule has 0 bridgehead atoms. The second-order valence-corrected chi connectivity index (χ2v) is 3.73. The molecule has 1 aromatic carbocycles. The van der Waals surface area contributed by atoms with E-state index < -0.39 is 0 Å². The van der Waals surface area contributed by atoms with E-state index in [0.29, 0.717) is 0 Å². The van der Waals surface area contributed by atoms with E-state index in [-0.39, 0.29) is 0 Å². The molecule has 0 amide bonds. The Morgan fingerprint density at radius 2 is 1.71 bits per heavy atom. The van der Waals surface area contributed by atoms with E-state index in [9.17, 15) is 0 Å². The fraction of sp³-hybridized carbons (Fsp3) is 0. The number of nitrogens with zero attached hydrogens (tertiary/aromatic N) is 2. The summed E-state index contributed by atoms with van der Waals surface area (Å²) in [5.41, 5.74) is 4.20. The molecule has 1 N–H and O–H groups in total. The second kappa shape index (κ2) is 4.22. The van der Waals surface area contributed by atoms with Crippen LogP contribution in [0.5, 0.6) is 0 Å². The SMILES string of the molecule is c1ccc(-c2ccccc2-c2cnc[nH]2)nc1. The molecule has 0 saturated carbocycles. The topological polar surface area (TPSA) is 41.6 Å². The van der Waals surface area contributed by atoms with Crippen LogP contribution in [0, 0.1) is 0 Å². The molecule has 0 aliphatic carbocycles. The molecule has 17 heavy (non-hydrogen) atoms. The van der Waals surface area contributed by atoms with Gasteiger partial charge in [0.15, 0.2) is 0 Å². The van der Waals surface area contributed by atoms with Crippen molar-refractivity contribution in [2.75, 3.05) is 0 Å². The highest BCUT2D eigenvalue weighted by atomic mass is 14.9. The maximum Gasteiger partial charge on any atom is 0.0924 e. The average molecular weight is 221 g/mol. The van der Waals surface area contributed by atoms with E-state index in [0.717, 1.165) is 22.5 Å². The molecule has 0 fully saturated rings. The Morgan fingerprint density at radius 3 is 2.41 bits per heavy atom. The molecule has 0 aliphatic heterocycles. The van der Waals surface area contributed by atoms with Gasteiger partial charge in [0.2, 0.25) is 0 Å². The van der Waals surface area contributed by atoms with Gasteiger partial charge in [0.05, 0.1) is 23.9 Å². The summed E-state index contributed by atoms with van der Waals surface area (Å²) in [6, 6.07) is 14.1. The first-order valence-electron chi connectivity index (χ1n) is 5.44. The Kier molecular flexibility index (Phi) is 2.43. The van der Waals surface area contributed by atoms with Crippen molar-refractivity contribution in [1.82, 2.24) is 15.0 Å². The molecule has 3 aromatic rings. The number of hydrogen-bond donors (Lipinski definition) is 1. The van der Waals surface area contributed by atoms with Gasteiger partial charge in [-0.25, -0.2) is 4.98 Å². The van der Waals surface area contributed by atoms with Gasteiger partial charge in [-0.05, 0) is 12.1 Å². The van der Waals surface area contributed by atoms with Crippen molar-refractivity contribution in [2.24, 2.45) is 0 Å². The Morgan fingerprint density at radius 1 is 0.882 bits per heavy atom. The zero-order valence-electron chi connectivity index (χ0n) is 9.17. The summed E-state index contributed by atoms with van der Waals surface area (Å²) in [5.74, 6) is 0. The van der Waals surface area contributed by atoms with Gasteiger partial charge in [-0.3, -0.25) is 4.98 Å². The maximum absolute atomic E-state index is 4.39. The van der Waals surface area contributed by atoms with E-state index in [4.69, 9.17) is 0 Å². The largest absolute Gasteiger partial charge is 0.345 e. The molecule has 3 nitrogen and oxygen atoms in total. The summed E-state index contributed by atoms with van der Waals surface area (Å²) in [4.78, 5) is 11.6. The molecule has 0 radical (unpaired) electrons. The number of imidazole rings is 1. The lowest BCUT2D eigenvalue weighted by Crippen LogP contribution is -1.87. The maximum atomic E-state index is 4.39. The van der Waals surface area contributed by atoms with E-state index in [1.165, 1.54) is 0 Å². The lowest BCUT2D eigenvalue weighted by molar-refractivity contribution is 1.30. The summed E-state index contributed by atoms with van der Waals surface area (Å²) in [5, 5.41) is 0. The number of H-pyrrole nitrogens is 1. The van der Waals surface area contributed by atoms with Crippen molar-refractivity contribution in [1.29, 1.82) is 0 Å². The molecule has 0 atom stereocenters. The molecular weight excluding hydrogens is 210 g/mol. The Labute approximate surface area is 99.2 Å². The first-order chi connectivity index (χ1) is 8.45. The minimum absolute atomic E-state index is 0.970. The minimum Gasteiger partial charge on any atom is -0.345 e. The molecule has 2 heterocycles. The smallest absolute Gasteiger partial charge is 0.0924 e. The van der Waals surface area contributed by atoms with Gasteiger partial charge in [-0.15, -0.1) is 0 Å². The van der Waals surface area contributed by atoms with Crippen LogP contribution in [0.2, 0.25) is 0 Å². The van der Waals surface area contributed by atoms with Crippen LogP contribution in [0.3, 0.4) is 0 Å². The van der Waals surface area contributed by atoms with E-state index in [1.807, 2.05) is 36.5 Å². The predicted molar refractivity (Wildman–Crippen MR) is 67.3 cm³/mol. The number of benzene rings is 1. The van der Waals surface area contributed by atoms with Crippen LogP contribution in [0.25, 0.3) is 22.5 Å². The Bertz CT molecular complexity index is 600. The molecule has 0 spiro atoms. The molecule has 2 aromatic heterocycles. The standard InChI is InChI=1S/C14H11N3/c1-2-6-12(14-9-15-10-17-14)11(5-1)13-7-3-4-8-16-13/h1-10H,(H,15,17). The van der Waals surface area contributed by atoms with Crippen molar-refractivity contribution >= 4 is 0 Å². The van der Waals surface area contributed by atoms with Crippen molar-refractivity contribution in [2.45, 2.75) is 0 Å². The van der Waals surface area contributed by atoms with Crippen LogP contribution in [-0.4, -0.2) is 15.0 Å². The van der Waals surface area contributed by atoms with Crippen molar-refractivity contribution < 1.29 is 0 Å². The lowest BCUT2D eigenvalue weighted by atomic mass is 10.0. The first-order valence-corrected chi connectivity index (χ1v) is 5.44. The van der Waals surface area contributed by atoms with Gasteiger partial charge in [-0.2, -0.15) is 0 Å². The van der Waals surface area contributed by atoms with Crippen molar-refractivity contribution in [3.05, 3.63) is 61.2 Å². The quantitative estimate of drug-likeness (QED) is 0.722. The number of nitrogens with one attached hydrogen (secondary N) is 1. The molecule has 3 rings (SSSR count). The van der Waals surface area contributed by atoms with Crippen molar-refractivity contribution in [3.8, 4) is 22.5 Å². The molecule has 3 heteroatoms. The molecule has 0 aliphatic rings. The Hall–Kier alpha value is -2.42. The van der Waals surface area contributed by atoms with Crippen LogP contribution in [0.4, 0.5) is 0 Å². The summed E-state index contributed by atoms with van der Waals surface area (Å²) in [6.07, 6.45) is 5.31. The van der Waals surface area contributed by atoms with Gasteiger partial charge >= 0.3 is 0 Å². The third-order valence-corrected chi connectivity index (χ3v) is 2.66. The van der Waals surface area contributed by atoms with Crippen molar-refractivity contribution in [3.63, 3.8) is 0 Å². The number of pyridine rings is 1. The number of aromatic amines is 1. The number of rotatable bonds is 2. The van der Waals surface area contributed by atoms with Gasteiger partial charge in [0.1, 0.15) is 0 Å². The number of hydrogen-bond acceptors (Lipinski definition) is 2. The van der Waals surface area contributed by atoms with Crippen LogP contribution >= 0.6 is 0 Å². The summed E-state index contributed by atoms with van der Waals surface area (Å²) >= 11 is 0. The normalized spacial score (nSPS) is 10.4. The predicted octanol–water partition coefficient (Wildman–Crippen LogP) is 3.14. The first kappa shape index (κ1) is 9.78. The summed E-state index contributed by atoms with van der Waals surface area (Å²) < 4.78 is 0. The third-order valence-electron chi connectivity index (χ3n) is 2.66. The zero-order valence-corrected chi connectivity index (χ0v) is 9.17. The van der Waals surface area contributed by atoms with E-state index in [1.54, 1.807) is 12.5 Å². The van der Waals surface area contributed by atoms with Crippen LogP contribution in [0.15, 0.2) is 61.2 Å². The molecular formula is C14H11N3. The van der Waals surface area contributed by atoms with Gasteiger partial charge in [0.25, 0.3) is 0 Å². The van der Waals surface area contributed by atoms with E-state index in [2.05, 4.69) is 27.1 Å².